The highest BCUT2D eigenvalue weighted by Gasteiger charge is 2.22. The maximum atomic E-state index is 13.7. The van der Waals surface area contributed by atoms with Gasteiger partial charge in [0.2, 0.25) is 10.0 Å². The highest BCUT2D eigenvalue weighted by molar-refractivity contribution is 7.89. The number of halogens is 1. The van der Waals surface area contributed by atoms with E-state index in [1.807, 2.05) is 0 Å². The van der Waals surface area contributed by atoms with Crippen LogP contribution in [0.2, 0.25) is 0 Å². The highest BCUT2D eigenvalue weighted by Crippen LogP contribution is 2.16. The van der Waals surface area contributed by atoms with Gasteiger partial charge in [-0.1, -0.05) is 6.07 Å². The minimum atomic E-state index is -3.94. The molecule has 0 aromatic heterocycles. The van der Waals surface area contributed by atoms with Gasteiger partial charge in [0.1, 0.15) is 10.7 Å². The molecule has 1 saturated heterocycles. The van der Waals surface area contributed by atoms with Gasteiger partial charge in [-0.15, -0.1) is 0 Å². The first-order valence-corrected chi connectivity index (χ1v) is 7.69. The van der Waals surface area contributed by atoms with Crippen molar-refractivity contribution < 1.29 is 22.3 Å². The van der Waals surface area contributed by atoms with Crippen molar-refractivity contribution in [3.05, 3.63) is 29.6 Å². The predicted octanol–water partition coefficient (Wildman–Crippen LogP) is -0.0219. The molecule has 0 aliphatic carbocycles. The molecule has 1 atom stereocenters. The third-order valence-corrected chi connectivity index (χ3v) is 4.35. The monoisotopic (exact) mass is 304 g/mol. The van der Waals surface area contributed by atoms with Crippen molar-refractivity contribution in [2.45, 2.75) is 17.5 Å². The second-order valence-corrected chi connectivity index (χ2v) is 6.12. The normalized spacial score (nSPS) is 20.0. The Morgan fingerprint density at radius 3 is 2.85 bits per heavy atom. The number of hydrogen-bond donors (Lipinski definition) is 2. The molecule has 6 nitrogen and oxygen atoms in total. The van der Waals surface area contributed by atoms with Crippen molar-refractivity contribution in [2.24, 2.45) is 5.73 Å². The maximum absolute atomic E-state index is 13.7. The van der Waals surface area contributed by atoms with Crippen LogP contribution in [0.3, 0.4) is 0 Å². The standard InChI is InChI=1S/C12H17FN2O4S/c13-11-2-1-9(6-14)5-12(11)20(16,17)15-7-10-8-18-3-4-19-10/h1-2,5,10,15H,3-4,6-8,14H2. The first kappa shape index (κ1) is 15.3. The van der Waals surface area contributed by atoms with E-state index < -0.39 is 20.7 Å². The molecule has 20 heavy (non-hydrogen) atoms. The van der Waals surface area contributed by atoms with Crippen molar-refractivity contribution in [3.63, 3.8) is 0 Å². The molecule has 1 aromatic rings. The molecule has 1 aliphatic rings. The molecule has 1 fully saturated rings. The SMILES string of the molecule is NCc1ccc(F)c(S(=O)(=O)NCC2COCCO2)c1. The highest BCUT2D eigenvalue weighted by atomic mass is 32.2. The molecule has 1 aliphatic heterocycles. The fourth-order valence-corrected chi connectivity index (χ4v) is 3.01. The summed E-state index contributed by atoms with van der Waals surface area (Å²) < 4.78 is 50.6. The molecule has 1 aromatic carbocycles. The van der Waals surface area contributed by atoms with Gasteiger partial charge >= 0.3 is 0 Å². The summed E-state index contributed by atoms with van der Waals surface area (Å²) in [7, 11) is -3.94. The predicted molar refractivity (Wildman–Crippen MR) is 70.0 cm³/mol. The molecule has 0 saturated carbocycles. The van der Waals surface area contributed by atoms with Gasteiger partial charge in [0.05, 0.1) is 25.9 Å². The Bertz CT molecular complexity index is 559. The fraction of sp³-hybridized carbons (Fsp3) is 0.500. The molecule has 8 heteroatoms. The van der Waals surface area contributed by atoms with Crippen molar-refractivity contribution in [2.75, 3.05) is 26.4 Å². The second kappa shape index (κ2) is 6.59. The van der Waals surface area contributed by atoms with Crippen LogP contribution in [0.25, 0.3) is 0 Å². The molecule has 1 heterocycles. The molecule has 0 amide bonds. The maximum Gasteiger partial charge on any atom is 0.243 e. The lowest BCUT2D eigenvalue weighted by Gasteiger charge is -2.23. The number of ether oxygens (including phenoxy) is 2. The largest absolute Gasteiger partial charge is 0.376 e. The molecule has 3 N–H and O–H groups in total. The van der Waals surface area contributed by atoms with E-state index in [2.05, 4.69) is 4.72 Å². The van der Waals surface area contributed by atoms with Gasteiger partial charge in [0, 0.05) is 13.1 Å². The van der Waals surface area contributed by atoms with E-state index in [0.717, 1.165) is 6.07 Å². The van der Waals surface area contributed by atoms with E-state index in [4.69, 9.17) is 15.2 Å². The number of benzene rings is 1. The van der Waals surface area contributed by atoms with Crippen LogP contribution in [-0.4, -0.2) is 40.9 Å². The van der Waals surface area contributed by atoms with E-state index >= 15 is 0 Å². The third-order valence-electron chi connectivity index (χ3n) is 2.91. The van der Waals surface area contributed by atoms with Gasteiger partial charge in [-0.2, -0.15) is 0 Å². The first-order chi connectivity index (χ1) is 9.53. The Kier molecular flexibility index (Phi) is 5.06. The lowest BCUT2D eigenvalue weighted by Crippen LogP contribution is -2.39. The number of sulfonamides is 1. The summed E-state index contributed by atoms with van der Waals surface area (Å²) in [5, 5.41) is 0. The number of rotatable bonds is 5. The Morgan fingerprint density at radius 2 is 2.20 bits per heavy atom. The van der Waals surface area contributed by atoms with E-state index in [0.29, 0.717) is 25.4 Å². The Hall–Kier alpha value is -1.06. The zero-order valence-electron chi connectivity index (χ0n) is 10.8. The smallest absolute Gasteiger partial charge is 0.243 e. The Balaban J connectivity index is 2.09. The van der Waals surface area contributed by atoms with E-state index in [9.17, 15) is 12.8 Å². The van der Waals surface area contributed by atoms with Gasteiger partial charge in [0.25, 0.3) is 0 Å². The quantitative estimate of drug-likeness (QED) is 0.798. The van der Waals surface area contributed by atoms with Crippen LogP contribution in [-0.2, 0) is 26.0 Å². The summed E-state index contributed by atoms with van der Waals surface area (Å²) >= 11 is 0. The second-order valence-electron chi connectivity index (χ2n) is 4.39. The van der Waals surface area contributed by atoms with Gasteiger partial charge in [-0.25, -0.2) is 17.5 Å². The van der Waals surface area contributed by atoms with Crippen LogP contribution < -0.4 is 10.5 Å². The molecule has 2 rings (SSSR count). The molecule has 0 spiro atoms. The van der Waals surface area contributed by atoms with Crippen LogP contribution in [0.5, 0.6) is 0 Å². The minimum absolute atomic E-state index is 0.0363. The third kappa shape index (κ3) is 3.74. The summed E-state index contributed by atoms with van der Waals surface area (Å²) in [6, 6.07) is 3.78. The van der Waals surface area contributed by atoms with Gasteiger partial charge in [-0.05, 0) is 17.7 Å². The lowest BCUT2D eigenvalue weighted by molar-refractivity contribution is -0.0847. The van der Waals surface area contributed by atoms with E-state index in [-0.39, 0.29) is 19.2 Å². The van der Waals surface area contributed by atoms with Gasteiger partial charge in [0.15, 0.2) is 0 Å². The number of nitrogens with two attached hydrogens (primary N) is 1. The first-order valence-electron chi connectivity index (χ1n) is 6.20. The summed E-state index contributed by atoms with van der Waals surface area (Å²) in [5.74, 6) is -0.810. The van der Waals surface area contributed by atoms with Crippen molar-refractivity contribution in [3.8, 4) is 0 Å². The van der Waals surface area contributed by atoms with E-state index in [1.165, 1.54) is 12.1 Å². The fourth-order valence-electron chi connectivity index (χ4n) is 1.82. The summed E-state index contributed by atoms with van der Waals surface area (Å²) in [6.07, 6.45) is -0.362. The van der Waals surface area contributed by atoms with Crippen LogP contribution in [0, 0.1) is 5.82 Å². The van der Waals surface area contributed by atoms with Crippen LogP contribution >= 0.6 is 0 Å². The van der Waals surface area contributed by atoms with Crippen LogP contribution in [0.4, 0.5) is 4.39 Å². The molecule has 0 bridgehead atoms. The van der Waals surface area contributed by atoms with Crippen molar-refractivity contribution in [1.29, 1.82) is 0 Å². The minimum Gasteiger partial charge on any atom is -0.376 e. The zero-order chi connectivity index (χ0) is 14.6. The average Bonchev–Trinajstić information content (AvgIpc) is 2.47. The number of nitrogens with one attached hydrogen (secondary N) is 1. The molecular formula is C12H17FN2O4S. The summed E-state index contributed by atoms with van der Waals surface area (Å²) in [5.41, 5.74) is 5.97. The lowest BCUT2D eigenvalue weighted by atomic mass is 10.2. The molecule has 1 unspecified atom stereocenters. The molecular weight excluding hydrogens is 287 g/mol. The summed E-state index contributed by atoms with van der Waals surface area (Å²) in [4.78, 5) is -0.405. The topological polar surface area (TPSA) is 90.7 Å². The van der Waals surface area contributed by atoms with Crippen molar-refractivity contribution >= 4 is 10.0 Å². The van der Waals surface area contributed by atoms with Gasteiger partial charge < -0.3 is 15.2 Å². The average molecular weight is 304 g/mol. The van der Waals surface area contributed by atoms with Crippen molar-refractivity contribution in [1.82, 2.24) is 4.72 Å². The number of hydrogen-bond acceptors (Lipinski definition) is 5. The van der Waals surface area contributed by atoms with Crippen LogP contribution in [0.1, 0.15) is 5.56 Å². The van der Waals surface area contributed by atoms with Crippen LogP contribution in [0.15, 0.2) is 23.1 Å². The van der Waals surface area contributed by atoms with Gasteiger partial charge in [-0.3, -0.25) is 0 Å². The Morgan fingerprint density at radius 1 is 1.40 bits per heavy atom. The summed E-state index contributed by atoms with van der Waals surface area (Å²) in [6.45, 7) is 1.41. The van der Waals surface area contributed by atoms with E-state index in [1.54, 1.807) is 0 Å². The molecule has 112 valence electrons. The molecule has 0 radical (unpaired) electrons. The Labute approximate surface area is 117 Å². The zero-order valence-corrected chi connectivity index (χ0v) is 11.7.